The maximum atomic E-state index is 13.1. The molecule has 12 heteroatoms. The molecule has 2 heterocycles. The maximum absolute atomic E-state index is 13.1. The lowest BCUT2D eigenvalue weighted by molar-refractivity contribution is -0.137. The zero-order valence-corrected chi connectivity index (χ0v) is 27.0. The van der Waals surface area contributed by atoms with E-state index in [0.29, 0.717) is 30.4 Å². The molecule has 0 bridgehead atoms. The number of nitrogens with one attached hydrogen (secondary N) is 2. The lowest BCUT2D eigenvalue weighted by atomic mass is 9.91. The number of carbonyl (C=O) groups excluding carboxylic acids is 1. The fourth-order valence-corrected chi connectivity index (χ4v) is 6.91. The monoisotopic (exact) mass is 653 g/mol. The lowest BCUT2D eigenvalue weighted by Crippen LogP contribution is -2.38. The number of carbonyl (C=O) groups is 1. The molecule has 1 saturated heterocycles. The van der Waals surface area contributed by atoms with Gasteiger partial charge in [0.15, 0.2) is 0 Å². The number of benzene rings is 3. The molecule has 0 unspecified atom stereocenters. The molecule has 46 heavy (non-hydrogen) atoms. The van der Waals surface area contributed by atoms with Crippen LogP contribution in [-0.2, 0) is 28.0 Å². The molecule has 1 fully saturated rings. The normalized spacial score (nSPS) is 15.1. The van der Waals surface area contributed by atoms with Gasteiger partial charge in [-0.25, -0.2) is 17.9 Å². The first kappa shape index (κ1) is 33.2. The molecule has 0 spiro atoms. The SMILES string of the molecule is Cc1ccc(-n2nc(C(C)(C)C)cc2NC(=O)Nc2ccc(CC3CCN(S(=O)(=O)c4cccc(C(F)(F)F)c4)CC3)cc2)cc1. The Labute approximate surface area is 267 Å². The molecule has 3 aromatic carbocycles. The third-order valence-corrected chi connectivity index (χ3v) is 10.0. The molecule has 244 valence electrons. The molecular formula is C34H38F3N5O3S. The Morgan fingerprint density at radius 3 is 2.17 bits per heavy atom. The number of amides is 2. The third-order valence-electron chi connectivity index (χ3n) is 8.11. The van der Waals surface area contributed by atoms with Gasteiger partial charge in [0.2, 0.25) is 10.0 Å². The summed E-state index contributed by atoms with van der Waals surface area (Å²) < 4.78 is 68.4. The van der Waals surface area contributed by atoms with Crippen LogP contribution in [0.25, 0.3) is 5.69 Å². The van der Waals surface area contributed by atoms with Crippen molar-refractivity contribution in [3.63, 3.8) is 0 Å². The molecule has 4 aromatic rings. The standard InChI is InChI=1S/C34H38F3N5O3S/c1-23-8-14-28(15-9-23)42-31(22-30(40-42)33(2,3)4)39-32(43)38-27-12-10-24(11-13-27)20-25-16-18-41(19-17-25)46(44,45)29-7-5-6-26(21-29)34(35,36)37/h5-15,21-22,25H,16-20H2,1-4H3,(H2,38,39,43). The minimum atomic E-state index is -4.62. The lowest BCUT2D eigenvalue weighted by Gasteiger charge is -2.31. The van der Waals surface area contributed by atoms with Gasteiger partial charge in [-0.2, -0.15) is 22.6 Å². The van der Waals surface area contributed by atoms with Gasteiger partial charge in [0, 0.05) is 30.3 Å². The first-order chi connectivity index (χ1) is 21.6. The fraction of sp³-hybridized carbons (Fsp3) is 0.353. The van der Waals surface area contributed by atoms with Gasteiger partial charge in [-0.05, 0) is 80.1 Å². The summed E-state index contributed by atoms with van der Waals surface area (Å²) >= 11 is 0. The van der Waals surface area contributed by atoms with Crippen LogP contribution in [0, 0.1) is 12.8 Å². The first-order valence-electron chi connectivity index (χ1n) is 15.1. The number of rotatable bonds is 7. The predicted octanol–water partition coefficient (Wildman–Crippen LogP) is 7.78. The molecular weight excluding hydrogens is 615 g/mol. The fourth-order valence-electron chi connectivity index (χ4n) is 5.39. The summed E-state index contributed by atoms with van der Waals surface area (Å²) in [4.78, 5) is 12.6. The van der Waals surface area contributed by atoms with E-state index in [9.17, 15) is 26.4 Å². The van der Waals surface area contributed by atoms with E-state index < -0.39 is 27.8 Å². The maximum Gasteiger partial charge on any atom is 0.416 e. The summed E-state index contributed by atoms with van der Waals surface area (Å²) in [6.07, 6.45) is -2.72. The molecule has 0 atom stereocenters. The molecule has 1 aliphatic heterocycles. The van der Waals surface area contributed by atoms with Gasteiger partial charge < -0.3 is 5.32 Å². The second-order valence-corrected chi connectivity index (χ2v) is 14.7. The van der Waals surface area contributed by atoms with Crippen LogP contribution < -0.4 is 10.6 Å². The molecule has 5 rings (SSSR count). The van der Waals surface area contributed by atoms with Crippen LogP contribution in [-0.4, -0.2) is 41.6 Å². The number of halogens is 3. The minimum absolute atomic E-state index is 0.216. The van der Waals surface area contributed by atoms with E-state index in [4.69, 9.17) is 5.10 Å². The van der Waals surface area contributed by atoms with Crippen molar-refractivity contribution in [3.05, 3.63) is 101 Å². The number of anilines is 2. The van der Waals surface area contributed by atoms with Crippen LogP contribution in [0.4, 0.5) is 29.5 Å². The summed E-state index contributed by atoms with van der Waals surface area (Å²) in [5.41, 5.74) is 3.24. The van der Waals surface area contributed by atoms with Crippen LogP contribution >= 0.6 is 0 Å². The van der Waals surface area contributed by atoms with Gasteiger partial charge >= 0.3 is 12.2 Å². The van der Waals surface area contributed by atoms with Gasteiger partial charge in [0.05, 0.1) is 21.8 Å². The largest absolute Gasteiger partial charge is 0.416 e. The molecule has 0 radical (unpaired) electrons. The van der Waals surface area contributed by atoms with E-state index in [1.807, 2.05) is 61.5 Å². The van der Waals surface area contributed by atoms with Crippen molar-refractivity contribution in [1.29, 1.82) is 0 Å². The summed E-state index contributed by atoms with van der Waals surface area (Å²) in [5, 5.41) is 10.5. The van der Waals surface area contributed by atoms with Crippen LogP contribution in [0.3, 0.4) is 0 Å². The predicted molar refractivity (Wildman–Crippen MR) is 173 cm³/mol. The van der Waals surface area contributed by atoms with Crippen molar-refractivity contribution in [2.45, 2.75) is 63.4 Å². The zero-order chi connectivity index (χ0) is 33.3. The average molecular weight is 654 g/mol. The van der Waals surface area contributed by atoms with E-state index in [-0.39, 0.29) is 29.3 Å². The van der Waals surface area contributed by atoms with Crippen molar-refractivity contribution in [2.24, 2.45) is 5.92 Å². The molecule has 0 aliphatic carbocycles. The van der Waals surface area contributed by atoms with Crippen LogP contribution in [0.15, 0.2) is 83.8 Å². The van der Waals surface area contributed by atoms with Crippen LogP contribution in [0.2, 0.25) is 0 Å². The molecule has 1 aliphatic rings. The number of hydrogen-bond acceptors (Lipinski definition) is 4. The van der Waals surface area contributed by atoms with Crippen molar-refractivity contribution >= 4 is 27.6 Å². The molecule has 8 nitrogen and oxygen atoms in total. The van der Waals surface area contributed by atoms with E-state index in [2.05, 4.69) is 31.4 Å². The number of alkyl halides is 3. The number of aryl methyl sites for hydroxylation is 1. The molecule has 1 aromatic heterocycles. The Hall–Kier alpha value is -4.16. The van der Waals surface area contributed by atoms with Gasteiger partial charge in [0.1, 0.15) is 5.82 Å². The van der Waals surface area contributed by atoms with Gasteiger partial charge in [-0.3, -0.25) is 5.32 Å². The number of nitrogens with zero attached hydrogens (tertiary/aromatic N) is 3. The third kappa shape index (κ3) is 7.79. The Morgan fingerprint density at radius 1 is 0.913 bits per heavy atom. The Kier molecular flexibility index (Phi) is 9.33. The zero-order valence-electron chi connectivity index (χ0n) is 26.2. The number of aromatic nitrogens is 2. The number of hydrogen-bond donors (Lipinski definition) is 2. The van der Waals surface area contributed by atoms with Crippen molar-refractivity contribution in [1.82, 2.24) is 14.1 Å². The highest BCUT2D eigenvalue weighted by molar-refractivity contribution is 7.89. The molecule has 0 saturated carbocycles. The van der Waals surface area contributed by atoms with E-state index in [1.54, 1.807) is 4.68 Å². The Bertz CT molecular complexity index is 1790. The topological polar surface area (TPSA) is 96.3 Å². The van der Waals surface area contributed by atoms with Crippen LogP contribution in [0.5, 0.6) is 0 Å². The average Bonchev–Trinajstić information content (AvgIpc) is 3.43. The summed E-state index contributed by atoms with van der Waals surface area (Å²) in [6.45, 7) is 8.66. The first-order valence-corrected chi connectivity index (χ1v) is 16.6. The summed E-state index contributed by atoms with van der Waals surface area (Å²) in [6, 6.07) is 20.7. The minimum Gasteiger partial charge on any atom is -0.308 e. The summed E-state index contributed by atoms with van der Waals surface area (Å²) in [5.74, 6) is 0.762. The number of piperidine rings is 1. The second-order valence-electron chi connectivity index (χ2n) is 12.8. The second kappa shape index (κ2) is 12.9. The highest BCUT2D eigenvalue weighted by Crippen LogP contribution is 2.33. The molecule has 2 amide bonds. The smallest absolute Gasteiger partial charge is 0.308 e. The Balaban J connectivity index is 1.17. The van der Waals surface area contributed by atoms with Crippen molar-refractivity contribution < 1.29 is 26.4 Å². The van der Waals surface area contributed by atoms with E-state index in [1.165, 1.54) is 10.4 Å². The van der Waals surface area contributed by atoms with E-state index in [0.717, 1.165) is 41.1 Å². The van der Waals surface area contributed by atoms with Crippen molar-refractivity contribution in [2.75, 3.05) is 23.7 Å². The quantitative estimate of drug-likeness (QED) is 0.213. The Morgan fingerprint density at radius 2 is 1.57 bits per heavy atom. The van der Waals surface area contributed by atoms with Crippen LogP contribution in [0.1, 0.15) is 56.0 Å². The van der Waals surface area contributed by atoms with E-state index >= 15 is 0 Å². The van der Waals surface area contributed by atoms with Gasteiger partial charge in [0.25, 0.3) is 0 Å². The number of urea groups is 1. The van der Waals surface area contributed by atoms with Gasteiger partial charge in [-0.1, -0.05) is 56.7 Å². The van der Waals surface area contributed by atoms with Crippen molar-refractivity contribution in [3.8, 4) is 5.69 Å². The highest BCUT2D eigenvalue weighted by Gasteiger charge is 2.34. The number of sulfonamides is 1. The van der Waals surface area contributed by atoms with Gasteiger partial charge in [-0.15, -0.1) is 0 Å². The highest BCUT2D eigenvalue weighted by atomic mass is 32.2. The summed E-state index contributed by atoms with van der Waals surface area (Å²) in [7, 11) is -4.03. The molecule has 2 N–H and O–H groups in total.